The zero-order valence-electron chi connectivity index (χ0n) is 1.26. The molecule has 0 spiro atoms. The molecule has 0 aliphatic carbocycles. The molecule has 0 heterocycles. The first kappa shape index (κ1) is 41.1. The summed E-state index contributed by atoms with van der Waals surface area (Å²) in [4.78, 5) is 0. The van der Waals surface area contributed by atoms with Gasteiger partial charge in [0.2, 0.25) is 0 Å². The van der Waals surface area contributed by atoms with Gasteiger partial charge >= 0.3 is 0 Å². The minimum absolute atomic E-state index is 0. The smallest absolute Gasteiger partial charge is 0 e. The van der Waals surface area contributed by atoms with Gasteiger partial charge in [-0.15, -0.1) is 0 Å². The van der Waals surface area contributed by atoms with E-state index in [2.05, 4.69) is 0 Å². The van der Waals surface area contributed by atoms with Crippen molar-refractivity contribution in [3.63, 3.8) is 0 Å². The van der Waals surface area contributed by atoms with Gasteiger partial charge in [0.1, 0.15) is 0 Å². The van der Waals surface area contributed by atoms with E-state index in [1.807, 2.05) is 0 Å². The summed E-state index contributed by atoms with van der Waals surface area (Å²) < 4.78 is 0. The molecule has 4 heavy (non-hydrogen) atoms. The van der Waals surface area contributed by atoms with Crippen LogP contribution in [0.2, 0.25) is 0 Å². The maximum atomic E-state index is 0. The zero-order valence-corrected chi connectivity index (χ0v) is 5.94. The summed E-state index contributed by atoms with van der Waals surface area (Å²) >= 11 is 0. The third-order valence-electron chi connectivity index (χ3n) is 0. The third kappa shape index (κ3) is 9.19. The van der Waals surface area contributed by atoms with Gasteiger partial charge in [-0.3, -0.25) is 0 Å². The molecule has 0 nitrogen and oxygen atoms in total. The number of hydrogen-bond acceptors (Lipinski definition) is 0. The molecule has 0 saturated carbocycles. The summed E-state index contributed by atoms with van der Waals surface area (Å²) in [6.07, 6.45) is 0. The van der Waals surface area contributed by atoms with Crippen molar-refractivity contribution in [3.05, 3.63) is 0 Å². The van der Waals surface area contributed by atoms with Gasteiger partial charge in [-0.25, -0.2) is 0 Å². The molecule has 0 bridgehead atoms. The molecule has 0 unspecified atom stereocenters. The van der Waals surface area contributed by atoms with E-state index in [0.29, 0.717) is 0 Å². The Labute approximate surface area is 64.0 Å². The largest absolute Gasteiger partial charge is 0.0776 e. The van der Waals surface area contributed by atoms with Crippen molar-refractivity contribution in [2.24, 2.45) is 0 Å². The molecule has 25 valence electrons. The van der Waals surface area contributed by atoms with Crippen LogP contribution in [-0.2, 0) is 57.0 Å². The SMILES string of the molecule is C.[Cr].[Mo].[V]. The normalized spacial score (nSPS) is 0. The predicted octanol–water partition coefficient (Wildman–Crippen LogP) is 0.629. The molecular weight excluding hydrogens is 211 g/mol. The van der Waals surface area contributed by atoms with E-state index in [1.165, 1.54) is 0 Å². The van der Waals surface area contributed by atoms with Crippen LogP contribution in [0.1, 0.15) is 7.43 Å². The van der Waals surface area contributed by atoms with Gasteiger partial charge in [0, 0.05) is 57.0 Å². The second-order valence-corrected chi connectivity index (χ2v) is 0. The van der Waals surface area contributed by atoms with Crippen molar-refractivity contribution in [1.82, 2.24) is 0 Å². The van der Waals surface area contributed by atoms with Gasteiger partial charge in [0.25, 0.3) is 0 Å². The second kappa shape index (κ2) is 21.4. The first-order valence-corrected chi connectivity index (χ1v) is 0. The van der Waals surface area contributed by atoms with E-state index in [1.54, 1.807) is 0 Å². The van der Waals surface area contributed by atoms with Crippen molar-refractivity contribution in [3.8, 4) is 0 Å². The van der Waals surface area contributed by atoms with Crippen molar-refractivity contribution in [2.75, 3.05) is 0 Å². The first-order chi connectivity index (χ1) is 0. The maximum Gasteiger partial charge on any atom is 0 e. The zero-order chi connectivity index (χ0) is 0. The van der Waals surface area contributed by atoms with E-state index < -0.39 is 0 Å². The molecule has 1 radical (unpaired) electrons. The molecule has 0 atom stereocenters. The maximum absolute atomic E-state index is 0. The Morgan fingerprint density at radius 2 is 1.00 bits per heavy atom. The Hall–Kier alpha value is 1.81. The molecule has 0 aromatic heterocycles. The van der Waals surface area contributed by atoms with E-state index in [-0.39, 0.29) is 64.4 Å². The average molecular weight is 215 g/mol. The van der Waals surface area contributed by atoms with Gasteiger partial charge in [-0.2, -0.15) is 0 Å². The van der Waals surface area contributed by atoms with Crippen molar-refractivity contribution in [1.29, 1.82) is 0 Å². The van der Waals surface area contributed by atoms with E-state index in [0.717, 1.165) is 0 Å². The quantitative estimate of drug-likeness (QED) is 0.520. The Morgan fingerprint density at radius 3 is 1.00 bits per heavy atom. The Balaban J connectivity index is 0. The van der Waals surface area contributed by atoms with E-state index in [4.69, 9.17) is 0 Å². The minimum Gasteiger partial charge on any atom is -0.0776 e. The molecule has 0 rings (SSSR count). The average Bonchev–Trinajstić information content (AvgIpc) is 0. The Kier molecular flexibility index (Phi) is 220. The standard InChI is InChI=1S/CH4.Cr.Mo.V/h1H4;;;. The van der Waals surface area contributed by atoms with Gasteiger partial charge in [0.05, 0.1) is 0 Å². The topological polar surface area (TPSA) is 0 Å². The summed E-state index contributed by atoms with van der Waals surface area (Å²) in [5.41, 5.74) is 0. The van der Waals surface area contributed by atoms with Gasteiger partial charge in [0.15, 0.2) is 0 Å². The number of hydrogen-bond donors (Lipinski definition) is 0. The van der Waals surface area contributed by atoms with E-state index >= 15 is 0 Å². The second-order valence-electron chi connectivity index (χ2n) is 0. The van der Waals surface area contributed by atoms with Gasteiger partial charge in [-0.1, -0.05) is 7.43 Å². The Morgan fingerprint density at radius 1 is 1.00 bits per heavy atom. The minimum atomic E-state index is 0. The first-order valence-electron chi connectivity index (χ1n) is 0. The van der Waals surface area contributed by atoms with Gasteiger partial charge in [-0.05, 0) is 0 Å². The van der Waals surface area contributed by atoms with Crippen LogP contribution >= 0.6 is 0 Å². The summed E-state index contributed by atoms with van der Waals surface area (Å²) in [6, 6.07) is 0. The van der Waals surface area contributed by atoms with Crippen LogP contribution < -0.4 is 0 Å². The summed E-state index contributed by atoms with van der Waals surface area (Å²) in [5.74, 6) is 0. The molecule has 0 amide bonds. The van der Waals surface area contributed by atoms with E-state index in [9.17, 15) is 0 Å². The third-order valence-corrected chi connectivity index (χ3v) is 0. The molecule has 0 aliphatic rings. The number of rotatable bonds is 0. The molecule has 0 aromatic carbocycles. The molecular formula is CH4CrMoV. The predicted molar refractivity (Wildman–Crippen MR) is 6.73 cm³/mol. The van der Waals surface area contributed by atoms with Crippen LogP contribution in [0.4, 0.5) is 0 Å². The fourth-order valence-electron chi connectivity index (χ4n) is 0. The molecule has 0 saturated heterocycles. The van der Waals surface area contributed by atoms with Crippen LogP contribution in [0.5, 0.6) is 0 Å². The fourth-order valence-corrected chi connectivity index (χ4v) is 0. The Bertz CT molecular complexity index is 8.00. The van der Waals surface area contributed by atoms with Crippen LogP contribution in [-0.4, -0.2) is 0 Å². The van der Waals surface area contributed by atoms with Crippen LogP contribution in [0.25, 0.3) is 0 Å². The van der Waals surface area contributed by atoms with Crippen LogP contribution in [0, 0.1) is 0 Å². The molecule has 3 heteroatoms. The van der Waals surface area contributed by atoms with Crippen LogP contribution in [0.3, 0.4) is 0 Å². The molecule has 0 aromatic rings. The summed E-state index contributed by atoms with van der Waals surface area (Å²) in [6.45, 7) is 0. The van der Waals surface area contributed by atoms with Crippen molar-refractivity contribution >= 4 is 0 Å². The summed E-state index contributed by atoms with van der Waals surface area (Å²) in [5, 5.41) is 0. The summed E-state index contributed by atoms with van der Waals surface area (Å²) in [7, 11) is 0. The molecule has 0 N–H and O–H groups in total. The van der Waals surface area contributed by atoms with Crippen LogP contribution in [0.15, 0.2) is 0 Å². The molecule has 0 fully saturated rings. The van der Waals surface area contributed by atoms with Gasteiger partial charge < -0.3 is 0 Å². The van der Waals surface area contributed by atoms with Crippen molar-refractivity contribution < 1.29 is 57.0 Å². The fraction of sp³-hybridized carbons (Fsp3) is 1.00. The molecule has 0 aliphatic heterocycles. The monoisotopic (exact) mass is 217 g/mol. The van der Waals surface area contributed by atoms with Crippen molar-refractivity contribution in [2.45, 2.75) is 7.43 Å².